The normalized spacial score (nSPS) is 16.9. The van der Waals surface area contributed by atoms with E-state index in [9.17, 15) is 9.59 Å². The van der Waals surface area contributed by atoms with Gasteiger partial charge in [-0.3, -0.25) is 0 Å². The molecule has 7 heteroatoms. The molecule has 1 heterocycles. The SMILES string of the molecule is O=C(O)C(=NC1SCCS1)C(=O)O. The summed E-state index contributed by atoms with van der Waals surface area (Å²) in [6.45, 7) is 0. The topological polar surface area (TPSA) is 87.0 Å². The number of carboxylic acid groups (broad SMARTS) is 2. The molecule has 0 unspecified atom stereocenters. The Morgan fingerprint density at radius 3 is 2.00 bits per heavy atom. The summed E-state index contributed by atoms with van der Waals surface area (Å²) in [5.41, 5.74) is -0.785. The lowest BCUT2D eigenvalue weighted by Gasteiger charge is -2.01. The van der Waals surface area contributed by atoms with Crippen LogP contribution in [0.5, 0.6) is 0 Å². The lowest BCUT2D eigenvalue weighted by molar-refractivity contribution is -0.134. The van der Waals surface area contributed by atoms with Gasteiger partial charge >= 0.3 is 11.9 Å². The van der Waals surface area contributed by atoms with E-state index >= 15 is 0 Å². The molecule has 0 radical (unpaired) electrons. The highest BCUT2D eigenvalue weighted by Crippen LogP contribution is 2.32. The van der Waals surface area contributed by atoms with Crippen molar-refractivity contribution in [3.8, 4) is 0 Å². The van der Waals surface area contributed by atoms with Crippen LogP contribution in [0.25, 0.3) is 0 Å². The van der Waals surface area contributed by atoms with Crippen LogP contribution >= 0.6 is 23.5 Å². The van der Waals surface area contributed by atoms with E-state index in [4.69, 9.17) is 10.2 Å². The van der Waals surface area contributed by atoms with Crippen LogP contribution in [-0.2, 0) is 9.59 Å². The summed E-state index contributed by atoms with van der Waals surface area (Å²) < 4.78 is -0.276. The largest absolute Gasteiger partial charge is 0.476 e. The summed E-state index contributed by atoms with van der Waals surface area (Å²) in [5.74, 6) is -1.21. The summed E-state index contributed by atoms with van der Waals surface area (Å²) >= 11 is 2.91. The summed E-state index contributed by atoms with van der Waals surface area (Å²) in [7, 11) is 0. The molecular weight excluding hydrogens is 214 g/mol. The average Bonchev–Trinajstić information content (AvgIpc) is 2.50. The summed E-state index contributed by atoms with van der Waals surface area (Å²) in [5, 5.41) is 16.9. The Morgan fingerprint density at radius 2 is 1.62 bits per heavy atom. The number of aliphatic imine (C=N–C) groups is 1. The van der Waals surface area contributed by atoms with Crippen molar-refractivity contribution < 1.29 is 19.8 Å². The first-order chi connectivity index (χ1) is 6.11. The molecule has 1 rings (SSSR count). The second kappa shape index (κ2) is 4.52. The average molecular weight is 221 g/mol. The second-order valence-electron chi connectivity index (χ2n) is 2.14. The van der Waals surface area contributed by atoms with E-state index in [1.165, 1.54) is 23.5 Å². The summed E-state index contributed by atoms with van der Waals surface area (Å²) in [6.07, 6.45) is 0. The minimum absolute atomic E-state index is 0.276. The Balaban J connectivity index is 2.73. The molecular formula is C6H7NO4S2. The number of aliphatic carboxylic acids is 2. The fourth-order valence-electron chi connectivity index (χ4n) is 0.728. The van der Waals surface area contributed by atoms with Gasteiger partial charge in [0, 0.05) is 11.5 Å². The molecule has 0 spiro atoms. The molecule has 0 aromatic carbocycles. The molecule has 0 aromatic heterocycles. The van der Waals surface area contributed by atoms with Gasteiger partial charge in [-0.2, -0.15) is 0 Å². The van der Waals surface area contributed by atoms with Gasteiger partial charge < -0.3 is 10.2 Å². The first-order valence-corrected chi connectivity index (χ1v) is 5.48. The highest BCUT2D eigenvalue weighted by molar-refractivity contribution is 8.20. The number of hydrogen-bond donors (Lipinski definition) is 2. The van der Waals surface area contributed by atoms with Crippen molar-refractivity contribution in [2.75, 3.05) is 11.5 Å². The smallest absolute Gasteiger partial charge is 0.361 e. The third-order valence-corrected chi connectivity index (χ3v) is 3.98. The predicted molar refractivity (Wildman–Crippen MR) is 51.4 cm³/mol. The zero-order valence-electron chi connectivity index (χ0n) is 6.47. The molecule has 0 aliphatic carbocycles. The minimum Gasteiger partial charge on any atom is -0.476 e. The Hall–Kier alpha value is -0.690. The van der Waals surface area contributed by atoms with Gasteiger partial charge in [0.15, 0.2) is 0 Å². The molecule has 1 aliphatic heterocycles. The molecule has 0 bridgehead atoms. The van der Waals surface area contributed by atoms with Gasteiger partial charge in [0.1, 0.15) is 4.71 Å². The predicted octanol–water partition coefficient (Wildman–Crippen LogP) is 0.360. The number of carboxylic acids is 2. The van der Waals surface area contributed by atoms with Crippen molar-refractivity contribution in [3.63, 3.8) is 0 Å². The van der Waals surface area contributed by atoms with E-state index in [0.29, 0.717) is 0 Å². The molecule has 2 N–H and O–H groups in total. The zero-order valence-corrected chi connectivity index (χ0v) is 8.10. The van der Waals surface area contributed by atoms with Gasteiger partial charge in [-0.15, -0.1) is 23.5 Å². The maximum Gasteiger partial charge on any atom is 0.361 e. The Kier molecular flexibility index (Phi) is 3.61. The van der Waals surface area contributed by atoms with Gasteiger partial charge in [0.05, 0.1) is 0 Å². The fourth-order valence-corrected chi connectivity index (χ4v) is 3.22. The molecule has 0 amide bonds. The first-order valence-electron chi connectivity index (χ1n) is 3.39. The van der Waals surface area contributed by atoms with Crippen LogP contribution in [0.3, 0.4) is 0 Å². The molecule has 1 fully saturated rings. The van der Waals surface area contributed by atoms with Crippen molar-refractivity contribution in [2.45, 2.75) is 4.71 Å². The summed E-state index contributed by atoms with van der Waals surface area (Å²) in [6, 6.07) is 0. The van der Waals surface area contributed by atoms with Gasteiger partial charge in [0.2, 0.25) is 5.71 Å². The van der Waals surface area contributed by atoms with Gasteiger partial charge in [-0.1, -0.05) is 0 Å². The maximum absolute atomic E-state index is 10.4. The molecule has 1 saturated heterocycles. The quantitative estimate of drug-likeness (QED) is 0.528. The van der Waals surface area contributed by atoms with Crippen LogP contribution in [0.15, 0.2) is 4.99 Å². The standard InChI is InChI=1S/C6H7NO4S2/c8-4(9)3(5(10)11)7-6-12-1-2-13-6/h6H,1-2H2,(H,8,9)(H,10,11). The molecule has 0 aromatic rings. The highest BCUT2D eigenvalue weighted by Gasteiger charge is 2.23. The third-order valence-electron chi connectivity index (χ3n) is 1.24. The fraction of sp³-hybridized carbons (Fsp3) is 0.500. The zero-order chi connectivity index (χ0) is 9.84. The molecule has 72 valence electrons. The highest BCUT2D eigenvalue weighted by atomic mass is 32.2. The van der Waals surface area contributed by atoms with E-state index in [1.807, 2.05) is 0 Å². The van der Waals surface area contributed by atoms with E-state index in [0.717, 1.165) is 11.5 Å². The van der Waals surface area contributed by atoms with Crippen molar-refractivity contribution in [1.29, 1.82) is 0 Å². The lowest BCUT2D eigenvalue weighted by atomic mass is 10.4. The van der Waals surface area contributed by atoms with Gasteiger partial charge in [-0.05, 0) is 0 Å². The number of nitrogens with zero attached hydrogens (tertiary/aromatic N) is 1. The van der Waals surface area contributed by atoms with Crippen molar-refractivity contribution in [3.05, 3.63) is 0 Å². The van der Waals surface area contributed by atoms with Crippen LogP contribution in [0, 0.1) is 0 Å². The Bertz CT molecular complexity index is 243. The number of thioether (sulfide) groups is 2. The molecule has 0 atom stereocenters. The summed E-state index contributed by atoms with van der Waals surface area (Å²) in [4.78, 5) is 24.4. The van der Waals surface area contributed by atoms with Gasteiger partial charge in [-0.25, -0.2) is 14.6 Å². The van der Waals surface area contributed by atoms with E-state index in [2.05, 4.69) is 4.99 Å². The first kappa shape index (κ1) is 10.4. The van der Waals surface area contributed by atoms with Crippen LogP contribution in [-0.4, -0.2) is 44.1 Å². The van der Waals surface area contributed by atoms with Gasteiger partial charge in [0.25, 0.3) is 0 Å². The van der Waals surface area contributed by atoms with Crippen LogP contribution < -0.4 is 0 Å². The molecule has 0 saturated carbocycles. The third kappa shape index (κ3) is 2.92. The van der Waals surface area contributed by atoms with E-state index in [-0.39, 0.29) is 4.71 Å². The van der Waals surface area contributed by atoms with Crippen molar-refractivity contribution >= 4 is 41.2 Å². The Labute approximate surface area is 82.6 Å². The number of hydrogen-bond acceptors (Lipinski definition) is 5. The number of rotatable bonds is 3. The van der Waals surface area contributed by atoms with Crippen LogP contribution in [0.4, 0.5) is 0 Å². The van der Waals surface area contributed by atoms with Crippen molar-refractivity contribution in [2.24, 2.45) is 4.99 Å². The molecule has 1 aliphatic rings. The monoisotopic (exact) mass is 221 g/mol. The van der Waals surface area contributed by atoms with Crippen LogP contribution in [0.1, 0.15) is 0 Å². The maximum atomic E-state index is 10.4. The van der Waals surface area contributed by atoms with Crippen molar-refractivity contribution in [1.82, 2.24) is 0 Å². The Morgan fingerprint density at radius 1 is 1.15 bits per heavy atom. The van der Waals surface area contributed by atoms with E-state index in [1.54, 1.807) is 0 Å². The molecule has 13 heavy (non-hydrogen) atoms. The van der Waals surface area contributed by atoms with E-state index < -0.39 is 17.7 Å². The minimum atomic E-state index is -1.49. The molecule has 5 nitrogen and oxygen atoms in total. The van der Waals surface area contributed by atoms with Crippen LogP contribution in [0.2, 0.25) is 0 Å². The second-order valence-corrected chi connectivity index (χ2v) is 4.81. The lowest BCUT2D eigenvalue weighted by Crippen LogP contribution is -2.24. The number of carbonyl (C=O) groups is 2.